The lowest BCUT2D eigenvalue weighted by Crippen LogP contribution is -2.42. The highest BCUT2D eigenvalue weighted by atomic mass is 16.5. The SMILES string of the molecule is CC(C)(C)OC=O.C[C@@H]1C2N(C)c3ccc(N4C(=O)CCC4c4ccccc4)[n+]([O-])c3N21. The topological polar surface area (TPSA) is 79.8 Å². The Morgan fingerprint density at radius 2 is 1.84 bits per heavy atom. The summed E-state index contributed by atoms with van der Waals surface area (Å²) in [6.07, 6.45) is 1.48. The molecule has 1 aromatic carbocycles. The highest BCUT2D eigenvalue weighted by Crippen LogP contribution is 2.49. The number of hydrogen-bond donors (Lipinski definition) is 0. The van der Waals surface area contributed by atoms with Gasteiger partial charge in [-0.15, -0.1) is 0 Å². The molecule has 3 aliphatic heterocycles. The Morgan fingerprint density at radius 1 is 1.16 bits per heavy atom. The number of hydrogen-bond acceptors (Lipinski definition) is 6. The van der Waals surface area contributed by atoms with E-state index in [-0.39, 0.29) is 23.7 Å². The maximum atomic E-state index is 13.2. The third-order valence-corrected chi connectivity index (χ3v) is 6.15. The number of rotatable bonds is 3. The molecule has 0 aliphatic carbocycles. The zero-order valence-corrected chi connectivity index (χ0v) is 19.2. The van der Waals surface area contributed by atoms with E-state index >= 15 is 0 Å². The molecule has 32 heavy (non-hydrogen) atoms. The van der Waals surface area contributed by atoms with Gasteiger partial charge < -0.3 is 14.8 Å². The zero-order chi connectivity index (χ0) is 23.2. The summed E-state index contributed by atoms with van der Waals surface area (Å²) in [5, 5.41) is 13.2. The Kier molecular flexibility index (Phi) is 5.48. The van der Waals surface area contributed by atoms with Crippen molar-refractivity contribution in [2.24, 2.45) is 0 Å². The van der Waals surface area contributed by atoms with Gasteiger partial charge in [0.05, 0.1) is 0 Å². The lowest BCUT2D eigenvalue weighted by molar-refractivity contribution is -0.577. The van der Waals surface area contributed by atoms with Crippen LogP contribution in [0.5, 0.6) is 0 Å². The van der Waals surface area contributed by atoms with Crippen molar-refractivity contribution in [3.63, 3.8) is 0 Å². The average Bonchev–Trinajstić information content (AvgIpc) is 3.08. The first kappa shape index (κ1) is 21.9. The third-order valence-electron chi connectivity index (χ3n) is 6.15. The molecule has 2 aromatic rings. The molecule has 3 atom stereocenters. The second-order valence-corrected chi connectivity index (χ2v) is 9.42. The number of ether oxygens (including phenoxy) is 1. The number of carbonyl (C=O) groups is 2. The van der Waals surface area contributed by atoms with Crippen LogP contribution in [0.2, 0.25) is 0 Å². The molecule has 170 valence electrons. The zero-order valence-electron chi connectivity index (χ0n) is 19.2. The average molecular weight is 439 g/mol. The number of fused-ring (bicyclic) bond motifs is 3. The number of nitrogens with zero attached hydrogens (tertiary/aromatic N) is 4. The number of anilines is 3. The fourth-order valence-electron chi connectivity index (χ4n) is 4.61. The van der Waals surface area contributed by atoms with Crippen LogP contribution in [-0.2, 0) is 14.3 Å². The van der Waals surface area contributed by atoms with E-state index in [1.54, 1.807) is 11.0 Å². The van der Waals surface area contributed by atoms with Gasteiger partial charge in [-0.25, -0.2) is 9.63 Å². The van der Waals surface area contributed by atoms with Crippen LogP contribution >= 0.6 is 0 Å². The number of carbonyl (C=O) groups excluding carboxylic acids is 2. The van der Waals surface area contributed by atoms with E-state index in [1.807, 2.05) is 64.2 Å². The van der Waals surface area contributed by atoms with Gasteiger partial charge in [-0.05, 0) is 45.7 Å². The van der Waals surface area contributed by atoms with E-state index in [0.29, 0.717) is 30.6 Å². The van der Waals surface area contributed by atoms with Gasteiger partial charge in [0.2, 0.25) is 5.82 Å². The molecule has 0 N–H and O–H groups in total. The van der Waals surface area contributed by atoms with Crippen LogP contribution in [0, 0.1) is 5.21 Å². The van der Waals surface area contributed by atoms with Crippen LogP contribution in [0.3, 0.4) is 0 Å². The molecule has 0 radical (unpaired) electrons. The van der Waals surface area contributed by atoms with Gasteiger partial charge in [0.1, 0.15) is 23.4 Å². The maximum absolute atomic E-state index is 13.2. The molecule has 8 nitrogen and oxygen atoms in total. The van der Waals surface area contributed by atoms with Gasteiger partial charge in [0.15, 0.2) is 6.17 Å². The van der Waals surface area contributed by atoms with E-state index in [0.717, 1.165) is 22.4 Å². The summed E-state index contributed by atoms with van der Waals surface area (Å²) in [4.78, 5) is 28.1. The van der Waals surface area contributed by atoms with Gasteiger partial charge in [0, 0.05) is 19.5 Å². The van der Waals surface area contributed by atoms with E-state index in [2.05, 4.69) is 21.5 Å². The van der Waals surface area contributed by atoms with Crippen LogP contribution in [0.25, 0.3) is 0 Å². The van der Waals surface area contributed by atoms with Crippen molar-refractivity contribution >= 4 is 29.7 Å². The minimum absolute atomic E-state index is 0.0140. The molecular weight excluding hydrogens is 408 g/mol. The molecule has 3 aliphatic rings. The van der Waals surface area contributed by atoms with Crippen LogP contribution in [0.15, 0.2) is 42.5 Å². The van der Waals surface area contributed by atoms with Gasteiger partial charge in [-0.1, -0.05) is 30.3 Å². The third kappa shape index (κ3) is 3.74. The number of amides is 1. The van der Waals surface area contributed by atoms with Gasteiger partial charge in [-0.3, -0.25) is 14.5 Å². The smallest absolute Gasteiger partial charge is 0.293 e. The van der Waals surface area contributed by atoms with E-state index in [1.165, 1.54) is 0 Å². The van der Waals surface area contributed by atoms with Crippen LogP contribution in [-0.4, -0.2) is 37.2 Å². The number of pyridine rings is 1. The number of aromatic nitrogens is 1. The van der Waals surface area contributed by atoms with Crippen molar-refractivity contribution in [3.8, 4) is 0 Å². The van der Waals surface area contributed by atoms with Gasteiger partial charge in [0.25, 0.3) is 18.2 Å². The highest BCUT2D eigenvalue weighted by Gasteiger charge is 2.60. The maximum Gasteiger partial charge on any atom is 0.293 e. The molecule has 0 spiro atoms. The predicted octanol–water partition coefficient (Wildman–Crippen LogP) is 3.13. The molecule has 2 fully saturated rings. The Hall–Kier alpha value is -3.29. The summed E-state index contributed by atoms with van der Waals surface area (Å²) in [5.74, 6) is 1.12. The van der Waals surface area contributed by atoms with E-state index in [9.17, 15) is 14.8 Å². The lowest BCUT2D eigenvalue weighted by Gasteiger charge is -2.26. The largest absolute Gasteiger partial charge is 0.740 e. The Bertz CT molecular complexity index is 1020. The molecule has 2 unspecified atom stereocenters. The summed E-state index contributed by atoms with van der Waals surface area (Å²) in [6, 6.07) is 14.0. The fraction of sp³-hybridized carbons (Fsp3) is 0.458. The molecule has 1 aromatic heterocycles. The van der Waals surface area contributed by atoms with Crippen molar-refractivity contribution in [2.45, 2.75) is 64.4 Å². The molecule has 0 bridgehead atoms. The quantitative estimate of drug-likeness (QED) is 0.317. The fourth-order valence-corrected chi connectivity index (χ4v) is 4.61. The summed E-state index contributed by atoms with van der Waals surface area (Å²) in [7, 11) is 2.01. The Morgan fingerprint density at radius 3 is 2.44 bits per heavy atom. The molecule has 4 heterocycles. The predicted molar refractivity (Wildman–Crippen MR) is 122 cm³/mol. The first-order valence-corrected chi connectivity index (χ1v) is 10.9. The number of benzene rings is 1. The minimum atomic E-state index is -0.318. The van der Waals surface area contributed by atoms with E-state index in [4.69, 9.17) is 0 Å². The van der Waals surface area contributed by atoms with Crippen LogP contribution < -0.4 is 19.4 Å². The van der Waals surface area contributed by atoms with Crippen molar-refractivity contribution in [1.29, 1.82) is 0 Å². The first-order valence-electron chi connectivity index (χ1n) is 10.9. The van der Waals surface area contributed by atoms with Crippen molar-refractivity contribution in [2.75, 3.05) is 21.7 Å². The molecule has 2 saturated heterocycles. The summed E-state index contributed by atoms with van der Waals surface area (Å²) >= 11 is 0. The summed E-state index contributed by atoms with van der Waals surface area (Å²) in [5.41, 5.74) is 1.69. The van der Waals surface area contributed by atoms with E-state index < -0.39 is 0 Å². The summed E-state index contributed by atoms with van der Waals surface area (Å²) < 4.78 is 5.50. The summed E-state index contributed by atoms with van der Waals surface area (Å²) in [6.45, 7) is 8.04. The van der Waals surface area contributed by atoms with Gasteiger partial charge in [-0.2, -0.15) is 0 Å². The normalized spacial score (nSPS) is 23.3. The first-order chi connectivity index (χ1) is 15.2. The number of likely N-dealkylation sites (N-methyl/N-ethyl adjacent to an activating group) is 1. The van der Waals surface area contributed by atoms with Crippen LogP contribution in [0.1, 0.15) is 52.1 Å². The standard InChI is InChI=1S/C19H20N4O2.C5H10O2/c1-12-18-20(2)15-8-10-16(23(25)19(15)21(12)18)22-14(9-11-17(22)24)13-6-4-3-5-7-13;1-5(2,3)7-4-6/h3-8,10,12,14,18H,9,11H2,1-2H3;4H,1-3H3/t12-,14?,18?,21?;/m1./s1. The molecule has 8 heteroatoms. The van der Waals surface area contributed by atoms with Crippen LogP contribution in [0.4, 0.5) is 17.3 Å². The second kappa shape index (κ2) is 8.00. The monoisotopic (exact) mass is 438 g/mol. The molecule has 0 saturated carbocycles. The Labute approximate surface area is 188 Å². The highest BCUT2D eigenvalue weighted by molar-refractivity contribution is 5.95. The molecule has 1 amide bonds. The van der Waals surface area contributed by atoms with Crippen molar-refractivity contribution in [3.05, 3.63) is 53.2 Å². The molecular formula is C24H30N4O4. The van der Waals surface area contributed by atoms with Crippen molar-refractivity contribution < 1.29 is 19.1 Å². The molecule has 5 rings (SSSR count). The second-order valence-electron chi connectivity index (χ2n) is 9.42. The lowest BCUT2D eigenvalue weighted by atomic mass is 10.0. The minimum Gasteiger partial charge on any atom is -0.740 e. The van der Waals surface area contributed by atoms with Crippen molar-refractivity contribution in [1.82, 2.24) is 0 Å². The van der Waals surface area contributed by atoms with Gasteiger partial charge >= 0.3 is 0 Å². The Balaban J connectivity index is 0.000000307.